The highest BCUT2D eigenvalue weighted by Gasteiger charge is 2.41. The smallest absolute Gasteiger partial charge is 0.323 e. The predicted molar refractivity (Wildman–Crippen MR) is 76.2 cm³/mol. The maximum atomic E-state index is 11.9. The van der Waals surface area contributed by atoms with Crippen molar-refractivity contribution in [1.29, 1.82) is 0 Å². The van der Waals surface area contributed by atoms with Gasteiger partial charge in [-0.05, 0) is 50.4 Å². The van der Waals surface area contributed by atoms with E-state index >= 15 is 0 Å². The topological polar surface area (TPSA) is 29.5 Å². The van der Waals surface area contributed by atoms with E-state index in [9.17, 15) is 4.79 Å². The van der Waals surface area contributed by atoms with E-state index < -0.39 is 0 Å². The molecule has 104 valence electrons. The van der Waals surface area contributed by atoms with Gasteiger partial charge in [-0.1, -0.05) is 23.7 Å². The third-order valence-corrected chi connectivity index (χ3v) is 4.17. The van der Waals surface area contributed by atoms with Crippen LogP contribution >= 0.6 is 11.6 Å². The molecule has 0 aromatic heterocycles. The van der Waals surface area contributed by atoms with Crippen LogP contribution in [0.15, 0.2) is 24.3 Å². The Labute approximate surface area is 119 Å². The largest absolute Gasteiger partial charge is 0.468 e. The second kappa shape index (κ2) is 5.93. The minimum atomic E-state index is -0.143. The number of rotatable bonds is 5. The molecular weight excluding hydrogens is 262 g/mol. The molecule has 2 unspecified atom stereocenters. The van der Waals surface area contributed by atoms with Crippen LogP contribution in [0.3, 0.4) is 0 Å². The molecule has 3 nitrogen and oxygen atoms in total. The summed E-state index contributed by atoms with van der Waals surface area (Å²) in [6.45, 7) is 2.10. The molecule has 0 aliphatic heterocycles. The van der Waals surface area contributed by atoms with E-state index in [1.807, 2.05) is 31.3 Å². The van der Waals surface area contributed by atoms with Crippen LogP contribution in [0.2, 0.25) is 5.02 Å². The summed E-state index contributed by atoms with van der Waals surface area (Å²) in [4.78, 5) is 14.0. The Morgan fingerprint density at radius 2 is 1.95 bits per heavy atom. The van der Waals surface area contributed by atoms with Crippen molar-refractivity contribution in [2.45, 2.75) is 31.8 Å². The fourth-order valence-electron chi connectivity index (χ4n) is 2.44. The maximum absolute atomic E-state index is 11.9. The quantitative estimate of drug-likeness (QED) is 0.776. The SMILES string of the molecule is COC(=O)C(C1CC1)N(C)C(C)c1ccc(Cl)cc1. The summed E-state index contributed by atoms with van der Waals surface area (Å²) in [6.07, 6.45) is 2.22. The zero-order chi connectivity index (χ0) is 14.0. The lowest BCUT2D eigenvalue weighted by Gasteiger charge is -2.31. The zero-order valence-corrected chi connectivity index (χ0v) is 12.4. The van der Waals surface area contributed by atoms with Crippen LogP contribution in [-0.2, 0) is 9.53 Å². The first-order valence-corrected chi connectivity index (χ1v) is 6.97. The minimum absolute atomic E-state index is 0.134. The van der Waals surface area contributed by atoms with Gasteiger partial charge in [0.2, 0.25) is 0 Å². The van der Waals surface area contributed by atoms with Crippen molar-refractivity contribution >= 4 is 17.6 Å². The van der Waals surface area contributed by atoms with E-state index in [1.165, 1.54) is 7.11 Å². The highest BCUT2D eigenvalue weighted by molar-refractivity contribution is 6.30. The molecule has 1 aliphatic rings. The molecule has 0 spiro atoms. The summed E-state index contributed by atoms with van der Waals surface area (Å²) >= 11 is 5.90. The molecule has 0 saturated heterocycles. The molecule has 4 heteroatoms. The van der Waals surface area contributed by atoms with Crippen LogP contribution < -0.4 is 0 Å². The molecule has 0 bridgehead atoms. The molecule has 0 amide bonds. The van der Waals surface area contributed by atoms with E-state index in [-0.39, 0.29) is 18.1 Å². The second-order valence-electron chi connectivity index (χ2n) is 5.20. The van der Waals surface area contributed by atoms with E-state index in [0.29, 0.717) is 5.92 Å². The molecule has 1 aromatic rings. The molecule has 1 saturated carbocycles. The molecule has 1 aliphatic carbocycles. The van der Waals surface area contributed by atoms with Crippen molar-refractivity contribution in [3.8, 4) is 0 Å². The number of likely N-dealkylation sites (N-methyl/N-ethyl adjacent to an activating group) is 1. The van der Waals surface area contributed by atoms with Crippen molar-refractivity contribution in [1.82, 2.24) is 4.90 Å². The number of hydrogen-bond donors (Lipinski definition) is 0. The van der Waals surface area contributed by atoms with Gasteiger partial charge in [-0.3, -0.25) is 9.69 Å². The Morgan fingerprint density at radius 1 is 1.37 bits per heavy atom. The molecule has 2 rings (SSSR count). The van der Waals surface area contributed by atoms with Gasteiger partial charge in [0.05, 0.1) is 7.11 Å². The van der Waals surface area contributed by atoms with Crippen LogP contribution in [-0.4, -0.2) is 31.1 Å². The van der Waals surface area contributed by atoms with Crippen molar-refractivity contribution in [2.24, 2.45) is 5.92 Å². The van der Waals surface area contributed by atoms with Gasteiger partial charge in [0, 0.05) is 11.1 Å². The predicted octanol–water partition coefficient (Wildman–Crippen LogP) is 3.28. The van der Waals surface area contributed by atoms with Crippen LogP contribution in [0, 0.1) is 5.92 Å². The van der Waals surface area contributed by atoms with Gasteiger partial charge in [0.1, 0.15) is 6.04 Å². The molecule has 0 N–H and O–H groups in total. The first-order chi connectivity index (χ1) is 9.04. The fourth-order valence-corrected chi connectivity index (χ4v) is 2.57. The summed E-state index contributed by atoms with van der Waals surface area (Å²) in [5.41, 5.74) is 1.15. The van der Waals surface area contributed by atoms with Crippen LogP contribution in [0.4, 0.5) is 0 Å². The number of ether oxygens (including phenoxy) is 1. The molecule has 1 fully saturated rings. The lowest BCUT2D eigenvalue weighted by atomic mass is 10.0. The Hall–Kier alpha value is -1.06. The number of methoxy groups -OCH3 is 1. The first-order valence-electron chi connectivity index (χ1n) is 6.59. The number of benzene rings is 1. The van der Waals surface area contributed by atoms with Crippen LogP contribution in [0.5, 0.6) is 0 Å². The minimum Gasteiger partial charge on any atom is -0.468 e. The number of carbonyl (C=O) groups excluding carboxylic acids is 1. The lowest BCUT2D eigenvalue weighted by Crippen LogP contribution is -2.42. The Kier molecular flexibility index (Phi) is 4.48. The maximum Gasteiger partial charge on any atom is 0.323 e. The van der Waals surface area contributed by atoms with Gasteiger partial charge < -0.3 is 4.74 Å². The van der Waals surface area contributed by atoms with Crippen LogP contribution in [0.25, 0.3) is 0 Å². The van der Waals surface area contributed by atoms with Gasteiger partial charge in [0.25, 0.3) is 0 Å². The van der Waals surface area contributed by atoms with Crippen molar-refractivity contribution < 1.29 is 9.53 Å². The lowest BCUT2D eigenvalue weighted by molar-refractivity contribution is -0.148. The molecule has 2 atom stereocenters. The van der Waals surface area contributed by atoms with E-state index in [2.05, 4.69) is 11.8 Å². The molecule has 1 aromatic carbocycles. The van der Waals surface area contributed by atoms with Crippen LogP contribution in [0.1, 0.15) is 31.4 Å². The monoisotopic (exact) mass is 281 g/mol. The summed E-state index contributed by atoms with van der Waals surface area (Å²) in [7, 11) is 3.44. The molecule has 19 heavy (non-hydrogen) atoms. The van der Waals surface area contributed by atoms with Gasteiger partial charge in [0.15, 0.2) is 0 Å². The average molecular weight is 282 g/mol. The normalized spacial score (nSPS) is 18.2. The number of nitrogens with zero attached hydrogens (tertiary/aromatic N) is 1. The Balaban J connectivity index is 2.14. The summed E-state index contributed by atoms with van der Waals surface area (Å²) in [6, 6.07) is 7.78. The van der Waals surface area contributed by atoms with Crippen molar-refractivity contribution in [3.63, 3.8) is 0 Å². The van der Waals surface area contributed by atoms with Crippen molar-refractivity contribution in [2.75, 3.05) is 14.2 Å². The summed E-state index contributed by atoms with van der Waals surface area (Å²) < 4.78 is 4.94. The van der Waals surface area contributed by atoms with E-state index in [1.54, 1.807) is 0 Å². The number of hydrogen-bond acceptors (Lipinski definition) is 3. The average Bonchev–Trinajstić information content (AvgIpc) is 3.23. The Bertz CT molecular complexity index is 442. The number of halogens is 1. The highest BCUT2D eigenvalue weighted by Crippen LogP contribution is 2.38. The van der Waals surface area contributed by atoms with Gasteiger partial charge >= 0.3 is 5.97 Å². The standard InChI is InChI=1S/C15H20ClNO2/c1-10(11-6-8-13(16)9-7-11)17(2)14(12-4-5-12)15(18)19-3/h6-10,12,14H,4-5H2,1-3H3. The first kappa shape index (κ1) is 14.4. The van der Waals surface area contributed by atoms with Gasteiger partial charge in [-0.25, -0.2) is 0 Å². The summed E-state index contributed by atoms with van der Waals surface area (Å²) in [5.74, 6) is 0.304. The third-order valence-electron chi connectivity index (χ3n) is 3.91. The van der Waals surface area contributed by atoms with Crippen molar-refractivity contribution in [3.05, 3.63) is 34.9 Å². The van der Waals surface area contributed by atoms with E-state index in [4.69, 9.17) is 16.3 Å². The number of carbonyl (C=O) groups is 1. The molecular formula is C15H20ClNO2. The molecule has 0 radical (unpaired) electrons. The Morgan fingerprint density at radius 3 is 2.42 bits per heavy atom. The fraction of sp³-hybridized carbons (Fsp3) is 0.533. The second-order valence-corrected chi connectivity index (χ2v) is 5.63. The van der Waals surface area contributed by atoms with Gasteiger partial charge in [-0.15, -0.1) is 0 Å². The van der Waals surface area contributed by atoms with E-state index in [0.717, 1.165) is 23.4 Å². The third kappa shape index (κ3) is 3.28. The summed E-state index contributed by atoms with van der Waals surface area (Å²) in [5, 5.41) is 0.727. The van der Waals surface area contributed by atoms with Gasteiger partial charge in [-0.2, -0.15) is 0 Å². The number of esters is 1. The highest BCUT2D eigenvalue weighted by atomic mass is 35.5. The zero-order valence-electron chi connectivity index (χ0n) is 11.6. The molecule has 0 heterocycles.